The van der Waals surface area contributed by atoms with Gasteiger partial charge < -0.3 is 15.2 Å². The molecule has 4 nitrogen and oxygen atoms in total. The fraction of sp³-hybridized carbons (Fsp3) is 0.875. The van der Waals surface area contributed by atoms with E-state index in [-0.39, 0.29) is 6.10 Å². The van der Waals surface area contributed by atoms with Crippen molar-refractivity contribution in [2.75, 3.05) is 13.2 Å². The summed E-state index contributed by atoms with van der Waals surface area (Å²) < 4.78 is 5.33. The zero-order valence-electron chi connectivity index (χ0n) is 7.25. The molecule has 1 aliphatic heterocycles. The highest BCUT2D eigenvalue weighted by Gasteiger charge is 2.17. The summed E-state index contributed by atoms with van der Waals surface area (Å²) in [7, 11) is 0. The number of nitrogens with one attached hydrogen (secondary N) is 1. The molecule has 0 saturated carbocycles. The van der Waals surface area contributed by atoms with Crippen LogP contribution in [-0.4, -0.2) is 36.4 Å². The zero-order valence-corrected chi connectivity index (χ0v) is 7.25. The Morgan fingerprint density at radius 3 is 3.08 bits per heavy atom. The highest BCUT2D eigenvalue weighted by Crippen LogP contribution is 2.10. The van der Waals surface area contributed by atoms with Crippen molar-refractivity contribution in [1.82, 2.24) is 5.32 Å². The second-order valence-corrected chi connectivity index (χ2v) is 3.10. The molecule has 0 radical (unpaired) electrons. The van der Waals surface area contributed by atoms with Crippen LogP contribution in [0.1, 0.15) is 19.8 Å². The monoisotopic (exact) mass is 173 g/mol. The highest BCUT2D eigenvalue weighted by molar-refractivity contribution is 5.72. The van der Waals surface area contributed by atoms with E-state index >= 15 is 0 Å². The van der Waals surface area contributed by atoms with Crippen molar-refractivity contribution < 1.29 is 14.6 Å². The Morgan fingerprint density at radius 1 is 1.83 bits per heavy atom. The van der Waals surface area contributed by atoms with Crippen LogP contribution in [0.15, 0.2) is 0 Å². The van der Waals surface area contributed by atoms with Crippen LogP contribution >= 0.6 is 0 Å². The lowest BCUT2D eigenvalue weighted by atomic mass is 10.2. The number of rotatable bonds is 4. The van der Waals surface area contributed by atoms with Crippen LogP contribution in [-0.2, 0) is 9.53 Å². The van der Waals surface area contributed by atoms with Gasteiger partial charge in [0.2, 0.25) is 0 Å². The second-order valence-electron chi connectivity index (χ2n) is 3.10. The first-order valence-electron chi connectivity index (χ1n) is 4.28. The van der Waals surface area contributed by atoms with E-state index in [0.29, 0.717) is 6.54 Å². The molecule has 0 aromatic rings. The van der Waals surface area contributed by atoms with E-state index in [9.17, 15) is 4.79 Å². The number of aliphatic carboxylic acids is 1. The van der Waals surface area contributed by atoms with Crippen LogP contribution in [0.3, 0.4) is 0 Å². The van der Waals surface area contributed by atoms with Crippen LogP contribution in [0, 0.1) is 0 Å². The van der Waals surface area contributed by atoms with Crippen LogP contribution in [0.5, 0.6) is 0 Å². The molecule has 2 atom stereocenters. The minimum Gasteiger partial charge on any atom is -0.480 e. The summed E-state index contributed by atoms with van der Waals surface area (Å²) in [5.41, 5.74) is 0. The van der Waals surface area contributed by atoms with Gasteiger partial charge >= 0.3 is 5.97 Å². The molecule has 0 aromatic carbocycles. The average Bonchev–Trinajstić information content (AvgIpc) is 2.51. The van der Waals surface area contributed by atoms with Crippen molar-refractivity contribution in [3.05, 3.63) is 0 Å². The third kappa shape index (κ3) is 2.79. The van der Waals surface area contributed by atoms with Gasteiger partial charge in [-0.25, -0.2) is 0 Å². The fourth-order valence-corrected chi connectivity index (χ4v) is 1.20. The molecule has 1 rings (SSSR count). The van der Waals surface area contributed by atoms with Crippen molar-refractivity contribution >= 4 is 5.97 Å². The van der Waals surface area contributed by atoms with Gasteiger partial charge in [-0.05, 0) is 19.8 Å². The third-order valence-electron chi connectivity index (χ3n) is 2.05. The number of ether oxygens (including phenoxy) is 1. The largest absolute Gasteiger partial charge is 0.480 e. The smallest absolute Gasteiger partial charge is 0.320 e. The molecule has 1 heterocycles. The molecular formula is C8H15NO3. The summed E-state index contributed by atoms with van der Waals surface area (Å²) in [6.45, 7) is 3.10. The van der Waals surface area contributed by atoms with Crippen LogP contribution in [0.2, 0.25) is 0 Å². The Hall–Kier alpha value is -0.610. The zero-order chi connectivity index (χ0) is 8.97. The van der Waals surface area contributed by atoms with E-state index in [1.807, 2.05) is 0 Å². The van der Waals surface area contributed by atoms with Crippen LogP contribution in [0.25, 0.3) is 0 Å². The summed E-state index contributed by atoms with van der Waals surface area (Å²) in [6.07, 6.45) is 2.35. The highest BCUT2D eigenvalue weighted by atomic mass is 16.5. The Labute approximate surface area is 71.9 Å². The SMILES string of the molecule is C[C@H](NCC1CCCO1)C(=O)O. The molecule has 1 saturated heterocycles. The minimum absolute atomic E-state index is 0.215. The molecule has 0 bridgehead atoms. The first kappa shape index (κ1) is 9.48. The van der Waals surface area contributed by atoms with Gasteiger partial charge in [0.05, 0.1) is 6.10 Å². The maximum Gasteiger partial charge on any atom is 0.320 e. The standard InChI is InChI=1S/C8H15NO3/c1-6(8(10)11)9-5-7-3-2-4-12-7/h6-7,9H,2-5H2,1H3,(H,10,11)/t6-,7?/m0/s1. The van der Waals surface area contributed by atoms with Gasteiger partial charge in [0.15, 0.2) is 0 Å². The predicted molar refractivity (Wildman–Crippen MR) is 44.1 cm³/mol. The summed E-state index contributed by atoms with van der Waals surface area (Å²) in [6, 6.07) is -0.478. The lowest BCUT2D eigenvalue weighted by Gasteiger charge is -2.13. The molecule has 0 amide bonds. The number of hydrogen-bond donors (Lipinski definition) is 2. The molecule has 12 heavy (non-hydrogen) atoms. The molecular weight excluding hydrogens is 158 g/mol. The van der Waals surface area contributed by atoms with Gasteiger partial charge in [0, 0.05) is 13.2 Å². The van der Waals surface area contributed by atoms with Gasteiger partial charge in [-0.3, -0.25) is 4.79 Å². The number of carboxylic acid groups (broad SMARTS) is 1. The van der Waals surface area contributed by atoms with Gasteiger partial charge in [-0.1, -0.05) is 0 Å². The predicted octanol–water partition coefficient (Wildman–Crippen LogP) is 0.228. The molecule has 4 heteroatoms. The van der Waals surface area contributed by atoms with E-state index in [1.165, 1.54) is 0 Å². The second kappa shape index (κ2) is 4.42. The van der Waals surface area contributed by atoms with Crippen LogP contribution < -0.4 is 5.32 Å². The Kier molecular flexibility index (Phi) is 3.49. The van der Waals surface area contributed by atoms with E-state index in [4.69, 9.17) is 9.84 Å². The first-order chi connectivity index (χ1) is 5.70. The minimum atomic E-state index is -0.812. The molecule has 1 fully saturated rings. The van der Waals surface area contributed by atoms with Crippen molar-refractivity contribution in [2.24, 2.45) is 0 Å². The van der Waals surface area contributed by atoms with Gasteiger partial charge in [-0.15, -0.1) is 0 Å². The number of hydrogen-bond acceptors (Lipinski definition) is 3. The normalized spacial score (nSPS) is 25.6. The molecule has 0 aromatic heterocycles. The lowest BCUT2D eigenvalue weighted by Crippen LogP contribution is -2.38. The van der Waals surface area contributed by atoms with Crippen LogP contribution in [0.4, 0.5) is 0 Å². The van der Waals surface area contributed by atoms with E-state index in [2.05, 4.69) is 5.32 Å². The number of carboxylic acids is 1. The molecule has 0 aliphatic carbocycles. The van der Waals surface area contributed by atoms with E-state index in [0.717, 1.165) is 19.4 Å². The van der Waals surface area contributed by atoms with Crippen molar-refractivity contribution in [3.8, 4) is 0 Å². The quantitative estimate of drug-likeness (QED) is 0.639. The van der Waals surface area contributed by atoms with Gasteiger partial charge in [-0.2, -0.15) is 0 Å². The molecule has 1 unspecified atom stereocenters. The molecule has 0 spiro atoms. The Bertz CT molecular complexity index is 154. The fourth-order valence-electron chi connectivity index (χ4n) is 1.20. The average molecular weight is 173 g/mol. The maximum absolute atomic E-state index is 10.4. The maximum atomic E-state index is 10.4. The Morgan fingerprint density at radius 2 is 2.58 bits per heavy atom. The van der Waals surface area contributed by atoms with Crippen molar-refractivity contribution in [2.45, 2.75) is 31.9 Å². The molecule has 1 aliphatic rings. The first-order valence-corrected chi connectivity index (χ1v) is 4.28. The summed E-state index contributed by atoms with van der Waals surface area (Å²) in [5, 5.41) is 11.5. The summed E-state index contributed by atoms with van der Waals surface area (Å²) in [5.74, 6) is -0.812. The molecule has 2 N–H and O–H groups in total. The number of carbonyl (C=O) groups is 1. The Balaban J connectivity index is 2.11. The van der Waals surface area contributed by atoms with Gasteiger partial charge in [0.25, 0.3) is 0 Å². The topological polar surface area (TPSA) is 58.6 Å². The van der Waals surface area contributed by atoms with E-state index < -0.39 is 12.0 Å². The third-order valence-corrected chi connectivity index (χ3v) is 2.05. The van der Waals surface area contributed by atoms with Crippen molar-refractivity contribution in [3.63, 3.8) is 0 Å². The van der Waals surface area contributed by atoms with Gasteiger partial charge in [0.1, 0.15) is 6.04 Å². The summed E-state index contributed by atoms with van der Waals surface area (Å²) in [4.78, 5) is 10.4. The van der Waals surface area contributed by atoms with Crippen molar-refractivity contribution in [1.29, 1.82) is 0 Å². The van der Waals surface area contributed by atoms with E-state index in [1.54, 1.807) is 6.92 Å². The lowest BCUT2D eigenvalue weighted by molar-refractivity contribution is -0.139. The summed E-state index contributed by atoms with van der Waals surface area (Å²) >= 11 is 0. The molecule has 70 valence electrons.